The first-order valence-corrected chi connectivity index (χ1v) is 5.88. The molecule has 0 aliphatic rings. The Bertz CT molecular complexity index is 597. The minimum absolute atomic E-state index is 0.140. The van der Waals surface area contributed by atoms with Gasteiger partial charge in [0.05, 0.1) is 5.56 Å². The van der Waals surface area contributed by atoms with Crippen LogP contribution in [0.5, 0.6) is 0 Å². The third-order valence-electron chi connectivity index (χ3n) is 2.53. The zero-order valence-corrected chi connectivity index (χ0v) is 10.1. The van der Waals surface area contributed by atoms with Crippen molar-refractivity contribution < 1.29 is 14.3 Å². The van der Waals surface area contributed by atoms with Crippen LogP contribution in [0, 0.1) is 0 Å². The van der Waals surface area contributed by atoms with E-state index in [9.17, 15) is 9.59 Å². The van der Waals surface area contributed by atoms with Gasteiger partial charge < -0.3 is 14.5 Å². The molecule has 0 fully saturated rings. The first-order valence-electron chi connectivity index (χ1n) is 5.88. The van der Waals surface area contributed by atoms with Crippen molar-refractivity contribution in [1.29, 1.82) is 0 Å². The fourth-order valence-corrected chi connectivity index (χ4v) is 1.57. The van der Waals surface area contributed by atoms with Crippen LogP contribution < -0.4 is 5.56 Å². The standard InChI is InChI=1S/C12H13N3O4/c16-9-6-5-8(7-13-9)12-15-14-10(19-12)3-1-2-4-11(17)18/h5-7H,1-4H2,(H,13,16)(H,17,18). The van der Waals surface area contributed by atoms with Crippen LogP contribution in [0.1, 0.15) is 25.2 Å². The second-order valence-electron chi connectivity index (χ2n) is 4.04. The monoisotopic (exact) mass is 263 g/mol. The second kappa shape index (κ2) is 5.94. The van der Waals surface area contributed by atoms with Crippen molar-refractivity contribution in [2.75, 3.05) is 0 Å². The number of hydrogen-bond acceptors (Lipinski definition) is 5. The predicted octanol–water partition coefficient (Wildman–Crippen LogP) is 1.22. The molecule has 0 aromatic carbocycles. The number of aromatic amines is 1. The van der Waals surface area contributed by atoms with Gasteiger partial charge in [0.2, 0.25) is 17.3 Å². The number of rotatable bonds is 6. The highest BCUT2D eigenvalue weighted by Crippen LogP contribution is 2.16. The molecular formula is C12H13N3O4. The molecular weight excluding hydrogens is 250 g/mol. The van der Waals surface area contributed by atoms with Crippen LogP contribution in [0.3, 0.4) is 0 Å². The second-order valence-corrected chi connectivity index (χ2v) is 4.04. The number of aromatic nitrogens is 3. The van der Waals surface area contributed by atoms with Gasteiger partial charge in [-0.3, -0.25) is 9.59 Å². The molecule has 0 aliphatic carbocycles. The van der Waals surface area contributed by atoms with E-state index in [0.29, 0.717) is 36.6 Å². The Morgan fingerprint density at radius 3 is 2.84 bits per heavy atom. The normalized spacial score (nSPS) is 10.5. The third-order valence-corrected chi connectivity index (χ3v) is 2.53. The summed E-state index contributed by atoms with van der Waals surface area (Å²) in [5, 5.41) is 16.3. The number of aryl methyl sites for hydroxylation is 1. The van der Waals surface area contributed by atoms with E-state index in [0.717, 1.165) is 0 Å². The van der Waals surface area contributed by atoms with Crippen molar-refractivity contribution in [2.45, 2.75) is 25.7 Å². The lowest BCUT2D eigenvalue weighted by atomic mass is 10.2. The Morgan fingerprint density at radius 2 is 2.16 bits per heavy atom. The number of H-pyrrole nitrogens is 1. The summed E-state index contributed by atoms with van der Waals surface area (Å²) >= 11 is 0. The van der Waals surface area contributed by atoms with Crippen molar-refractivity contribution in [1.82, 2.24) is 15.2 Å². The summed E-state index contributed by atoms with van der Waals surface area (Å²) in [7, 11) is 0. The zero-order valence-electron chi connectivity index (χ0n) is 10.1. The lowest BCUT2D eigenvalue weighted by Gasteiger charge is -1.94. The van der Waals surface area contributed by atoms with E-state index in [4.69, 9.17) is 9.52 Å². The molecule has 19 heavy (non-hydrogen) atoms. The van der Waals surface area contributed by atoms with E-state index in [2.05, 4.69) is 15.2 Å². The smallest absolute Gasteiger partial charge is 0.303 e. The summed E-state index contributed by atoms with van der Waals surface area (Å²) in [6.07, 6.45) is 3.44. The fraction of sp³-hybridized carbons (Fsp3) is 0.333. The molecule has 0 bridgehead atoms. The zero-order chi connectivity index (χ0) is 13.7. The van der Waals surface area contributed by atoms with Crippen molar-refractivity contribution >= 4 is 5.97 Å². The van der Waals surface area contributed by atoms with Crippen molar-refractivity contribution in [2.24, 2.45) is 0 Å². The summed E-state index contributed by atoms with van der Waals surface area (Å²) in [6.45, 7) is 0. The van der Waals surface area contributed by atoms with Gasteiger partial charge >= 0.3 is 5.97 Å². The van der Waals surface area contributed by atoms with Crippen LogP contribution in [0.2, 0.25) is 0 Å². The van der Waals surface area contributed by atoms with Crippen LogP contribution in [0.4, 0.5) is 0 Å². The molecule has 2 rings (SSSR count). The third kappa shape index (κ3) is 3.77. The number of carbonyl (C=O) groups is 1. The van der Waals surface area contributed by atoms with Crippen LogP contribution >= 0.6 is 0 Å². The van der Waals surface area contributed by atoms with Gasteiger partial charge in [-0.15, -0.1) is 10.2 Å². The van der Waals surface area contributed by atoms with Crippen LogP contribution in [-0.4, -0.2) is 26.3 Å². The summed E-state index contributed by atoms with van der Waals surface area (Å²) in [5.74, 6) is -0.00414. The predicted molar refractivity (Wildman–Crippen MR) is 65.5 cm³/mol. The Hall–Kier alpha value is -2.44. The Labute approximate surface area is 108 Å². The van der Waals surface area contributed by atoms with Crippen LogP contribution in [-0.2, 0) is 11.2 Å². The molecule has 100 valence electrons. The van der Waals surface area contributed by atoms with Gasteiger partial charge in [-0.25, -0.2) is 0 Å². The molecule has 7 nitrogen and oxygen atoms in total. The van der Waals surface area contributed by atoms with E-state index in [1.54, 1.807) is 6.07 Å². The average Bonchev–Trinajstić information content (AvgIpc) is 2.84. The lowest BCUT2D eigenvalue weighted by molar-refractivity contribution is -0.137. The molecule has 0 unspecified atom stereocenters. The summed E-state index contributed by atoms with van der Waals surface area (Å²) in [6, 6.07) is 2.98. The number of aliphatic carboxylic acids is 1. The molecule has 0 saturated carbocycles. The van der Waals surface area contributed by atoms with Crippen LogP contribution in [0.25, 0.3) is 11.5 Å². The Kier molecular flexibility index (Phi) is 4.07. The molecule has 0 amide bonds. The largest absolute Gasteiger partial charge is 0.481 e. The summed E-state index contributed by atoms with van der Waals surface area (Å²) in [4.78, 5) is 23.8. The average molecular weight is 263 g/mol. The number of pyridine rings is 1. The maximum absolute atomic E-state index is 10.9. The lowest BCUT2D eigenvalue weighted by Crippen LogP contribution is -2.01. The van der Waals surface area contributed by atoms with Gasteiger partial charge in [-0.2, -0.15) is 0 Å². The molecule has 2 heterocycles. The van der Waals surface area contributed by atoms with Gasteiger partial charge in [0.25, 0.3) is 0 Å². The molecule has 0 saturated heterocycles. The fourth-order valence-electron chi connectivity index (χ4n) is 1.57. The van der Waals surface area contributed by atoms with E-state index >= 15 is 0 Å². The molecule has 2 aromatic rings. The van der Waals surface area contributed by atoms with Gasteiger partial charge in [-0.05, 0) is 18.9 Å². The van der Waals surface area contributed by atoms with Crippen molar-refractivity contribution in [3.63, 3.8) is 0 Å². The Balaban J connectivity index is 1.93. The van der Waals surface area contributed by atoms with Crippen LogP contribution in [0.15, 0.2) is 27.5 Å². The number of hydrogen-bond donors (Lipinski definition) is 2. The van der Waals surface area contributed by atoms with Crippen molar-refractivity contribution in [3.8, 4) is 11.5 Å². The van der Waals surface area contributed by atoms with E-state index in [-0.39, 0.29) is 12.0 Å². The number of carboxylic acids is 1. The Morgan fingerprint density at radius 1 is 1.32 bits per heavy atom. The molecule has 0 aliphatic heterocycles. The van der Waals surface area contributed by atoms with E-state index in [1.807, 2.05) is 0 Å². The highest BCUT2D eigenvalue weighted by atomic mass is 16.4. The molecule has 7 heteroatoms. The van der Waals surface area contributed by atoms with Gasteiger partial charge in [0.15, 0.2) is 0 Å². The number of nitrogens with zero attached hydrogens (tertiary/aromatic N) is 2. The van der Waals surface area contributed by atoms with E-state index in [1.165, 1.54) is 12.3 Å². The first-order chi connectivity index (χ1) is 9.15. The molecule has 2 N–H and O–H groups in total. The SMILES string of the molecule is O=C(O)CCCCc1nnc(-c2ccc(=O)[nH]c2)o1. The topological polar surface area (TPSA) is 109 Å². The summed E-state index contributed by atoms with van der Waals surface area (Å²) in [5.41, 5.74) is 0.445. The van der Waals surface area contributed by atoms with Gasteiger partial charge in [0, 0.05) is 25.1 Å². The molecule has 0 radical (unpaired) electrons. The minimum atomic E-state index is -0.806. The minimum Gasteiger partial charge on any atom is -0.481 e. The maximum atomic E-state index is 10.9. The number of carboxylic acid groups (broad SMARTS) is 1. The van der Waals surface area contributed by atoms with Crippen molar-refractivity contribution in [3.05, 3.63) is 34.6 Å². The van der Waals surface area contributed by atoms with Gasteiger partial charge in [-0.1, -0.05) is 0 Å². The highest BCUT2D eigenvalue weighted by Gasteiger charge is 2.08. The summed E-state index contributed by atoms with van der Waals surface area (Å²) < 4.78 is 5.42. The molecule has 0 atom stereocenters. The quantitative estimate of drug-likeness (QED) is 0.758. The number of nitrogens with one attached hydrogen (secondary N) is 1. The number of unbranched alkanes of at least 4 members (excludes halogenated alkanes) is 1. The molecule has 2 aromatic heterocycles. The highest BCUT2D eigenvalue weighted by molar-refractivity contribution is 5.66. The van der Waals surface area contributed by atoms with E-state index < -0.39 is 5.97 Å². The first kappa shape index (κ1) is 13.0. The maximum Gasteiger partial charge on any atom is 0.303 e. The molecule has 0 spiro atoms. The van der Waals surface area contributed by atoms with Gasteiger partial charge in [0.1, 0.15) is 0 Å².